The first kappa shape index (κ1) is 21.4. The summed E-state index contributed by atoms with van der Waals surface area (Å²) in [4.78, 5) is 16.9. The minimum Gasteiger partial charge on any atom is -0.495 e. The van der Waals surface area contributed by atoms with Crippen LogP contribution in [-0.4, -0.2) is 38.6 Å². The fraction of sp³-hybridized carbons (Fsp3) is 0.273. The van der Waals surface area contributed by atoms with Crippen molar-refractivity contribution in [1.82, 2.24) is 9.58 Å². The number of aliphatic imine (C=N–C) groups is 1. The van der Waals surface area contributed by atoms with Crippen LogP contribution in [-0.2, 0) is 4.79 Å². The third-order valence-corrected chi connectivity index (χ3v) is 6.24. The molecular formula is C22H22ClN5O2S. The topological polar surface area (TPSA) is 83.0 Å². The van der Waals surface area contributed by atoms with E-state index in [0.717, 1.165) is 42.1 Å². The van der Waals surface area contributed by atoms with Crippen LogP contribution in [0.15, 0.2) is 52.2 Å². The molecule has 0 fully saturated rings. The van der Waals surface area contributed by atoms with Crippen molar-refractivity contribution in [3.8, 4) is 11.4 Å². The molecule has 0 saturated heterocycles. The lowest BCUT2D eigenvalue weighted by atomic mass is 10.1. The second-order valence-electron chi connectivity index (χ2n) is 7.09. The monoisotopic (exact) mass is 455 g/mol. The molecule has 0 radical (unpaired) electrons. The van der Waals surface area contributed by atoms with Crippen molar-refractivity contribution >= 4 is 51.4 Å². The Morgan fingerprint density at radius 2 is 2.13 bits per heavy atom. The van der Waals surface area contributed by atoms with Crippen molar-refractivity contribution in [3.05, 3.63) is 52.8 Å². The summed E-state index contributed by atoms with van der Waals surface area (Å²) >= 11 is 7.65. The summed E-state index contributed by atoms with van der Waals surface area (Å²) in [7, 11) is 1.57. The molecule has 1 amide bonds. The third kappa shape index (κ3) is 4.31. The Kier molecular flexibility index (Phi) is 6.29. The van der Waals surface area contributed by atoms with Gasteiger partial charge in [0.1, 0.15) is 10.8 Å². The number of thioether (sulfide) groups is 1. The maximum Gasteiger partial charge on any atom is 0.283 e. The fourth-order valence-corrected chi connectivity index (χ4v) is 4.54. The van der Waals surface area contributed by atoms with Crippen LogP contribution in [0.25, 0.3) is 11.8 Å². The van der Waals surface area contributed by atoms with Crippen molar-refractivity contribution in [1.29, 1.82) is 5.41 Å². The summed E-state index contributed by atoms with van der Waals surface area (Å²) in [5.74, 6) is 0.186. The van der Waals surface area contributed by atoms with Crippen LogP contribution in [0.3, 0.4) is 0 Å². The molecule has 7 nitrogen and oxygen atoms in total. The minimum absolute atomic E-state index is 0.0357. The number of nitrogens with zero attached hydrogens (tertiary/aromatic N) is 4. The largest absolute Gasteiger partial charge is 0.495 e. The number of methoxy groups -OCH3 is 1. The zero-order chi connectivity index (χ0) is 22.0. The lowest BCUT2D eigenvalue weighted by Crippen LogP contribution is -2.35. The predicted molar refractivity (Wildman–Crippen MR) is 126 cm³/mol. The summed E-state index contributed by atoms with van der Waals surface area (Å²) < 4.78 is 7.10. The van der Waals surface area contributed by atoms with Gasteiger partial charge in [0.2, 0.25) is 5.17 Å². The van der Waals surface area contributed by atoms with Gasteiger partial charge in [-0.3, -0.25) is 10.2 Å². The van der Waals surface area contributed by atoms with E-state index in [-0.39, 0.29) is 11.4 Å². The quantitative estimate of drug-likeness (QED) is 0.451. The van der Waals surface area contributed by atoms with E-state index in [2.05, 4.69) is 17.0 Å². The average Bonchev–Trinajstić information content (AvgIpc) is 3.38. The van der Waals surface area contributed by atoms with E-state index in [0.29, 0.717) is 15.9 Å². The summed E-state index contributed by atoms with van der Waals surface area (Å²) in [5.41, 5.74) is 1.74. The zero-order valence-electron chi connectivity index (χ0n) is 17.3. The molecule has 0 spiro atoms. The number of fused-ring (bicyclic) bond motifs is 1. The van der Waals surface area contributed by atoms with Gasteiger partial charge < -0.3 is 9.30 Å². The Morgan fingerprint density at radius 1 is 1.29 bits per heavy atom. The molecule has 1 aromatic carbocycles. The fourth-order valence-electron chi connectivity index (χ4n) is 3.36. The number of unbranched alkanes of at least 4 members (excludes halogenated alkanes) is 2. The number of benzene rings is 1. The highest BCUT2D eigenvalue weighted by molar-refractivity contribution is 8.26. The van der Waals surface area contributed by atoms with E-state index in [1.807, 2.05) is 29.0 Å². The smallest absolute Gasteiger partial charge is 0.283 e. The van der Waals surface area contributed by atoms with E-state index in [1.165, 1.54) is 16.8 Å². The summed E-state index contributed by atoms with van der Waals surface area (Å²) in [6.45, 7) is 2.15. The maximum absolute atomic E-state index is 12.7. The average molecular weight is 456 g/mol. The number of hydrazone groups is 1. The van der Waals surface area contributed by atoms with Crippen LogP contribution >= 0.6 is 23.4 Å². The number of hydrogen-bond donors (Lipinski definition) is 1. The van der Waals surface area contributed by atoms with Crippen molar-refractivity contribution in [3.63, 3.8) is 0 Å². The Bertz CT molecular complexity index is 1130. The Morgan fingerprint density at radius 3 is 2.87 bits per heavy atom. The Balaban J connectivity index is 1.62. The number of aromatic nitrogens is 1. The summed E-state index contributed by atoms with van der Waals surface area (Å²) in [6.07, 6.45) is 7.65. The van der Waals surface area contributed by atoms with Gasteiger partial charge >= 0.3 is 0 Å². The molecule has 0 aliphatic carbocycles. The molecule has 160 valence electrons. The SMILES string of the molecule is CCCCCC1=NN2C(=N)/C(=C\c3cccn3-c3ccc(OC)c(Cl)c3)C(=O)N=C2S1. The van der Waals surface area contributed by atoms with Gasteiger partial charge in [-0.2, -0.15) is 15.1 Å². The molecule has 2 aromatic rings. The number of halogens is 1. The number of nitrogens with one attached hydrogen (secondary N) is 1. The molecule has 1 N–H and O–H groups in total. The molecule has 4 rings (SSSR count). The Hall–Kier alpha value is -2.84. The number of amidine groups is 2. The molecule has 9 heteroatoms. The van der Waals surface area contributed by atoms with Crippen LogP contribution in [0.1, 0.15) is 38.3 Å². The summed E-state index contributed by atoms with van der Waals surface area (Å²) in [6, 6.07) is 9.18. The van der Waals surface area contributed by atoms with Crippen molar-refractivity contribution in [2.24, 2.45) is 10.1 Å². The first-order valence-electron chi connectivity index (χ1n) is 10.0. The highest BCUT2D eigenvalue weighted by atomic mass is 35.5. The van der Waals surface area contributed by atoms with Crippen molar-refractivity contribution in [2.45, 2.75) is 32.6 Å². The van der Waals surface area contributed by atoms with Gasteiger partial charge in [0, 0.05) is 17.6 Å². The highest BCUT2D eigenvalue weighted by Gasteiger charge is 2.35. The number of rotatable bonds is 7. The van der Waals surface area contributed by atoms with E-state index >= 15 is 0 Å². The first-order chi connectivity index (χ1) is 15.0. The van der Waals surface area contributed by atoms with Crippen molar-refractivity contribution in [2.75, 3.05) is 7.11 Å². The lowest BCUT2D eigenvalue weighted by molar-refractivity contribution is -0.114. The van der Waals surface area contributed by atoms with E-state index in [9.17, 15) is 4.79 Å². The van der Waals surface area contributed by atoms with Crippen molar-refractivity contribution < 1.29 is 9.53 Å². The predicted octanol–water partition coefficient (Wildman–Crippen LogP) is 5.34. The van der Waals surface area contributed by atoms with Crippen LogP contribution < -0.4 is 4.74 Å². The van der Waals surface area contributed by atoms with Crippen LogP contribution in [0, 0.1) is 5.41 Å². The molecule has 3 heterocycles. The minimum atomic E-state index is -0.436. The second-order valence-corrected chi connectivity index (χ2v) is 8.54. The second kappa shape index (κ2) is 9.11. The maximum atomic E-state index is 12.7. The van der Waals surface area contributed by atoms with Gasteiger partial charge in [0.15, 0.2) is 5.84 Å². The lowest BCUT2D eigenvalue weighted by Gasteiger charge is -2.20. The zero-order valence-corrected chi connectivity index (χ0v) is 18.8. The van der Waals surface area contributed by atoms with Gasteiger partial charge in [0.25, 0.3) is 5.91 Å². The molecule has 0 saturated carbocycles. The molecule has 2 aliphatic rings. The molecule has 1 aromatic heterocycles. The van der Waals surface area contributed by atoms with Gasteiger partial charge in [-0.1, -0.05) is 31.4 Å². The molecule has 0 unspecified atom stereocenters. The number of ether oxygens (including phenoxy) is 1. The van der Waals surface area contributed by atoms with Gasteiger partial charge in [0.05, 0.1) is 17.7 Å². The van der Waals surface area contributed by atoms with E-state index in [1.54, 1.807) is 25.3 Å². The number of carbonyl (C=O) groups is 1. The van der Waals surface area contributed by atoms with E-state index < -0.39 is 5.91 Å². The first-order valence-corrected chi connectivity index (χ1v) is 11.2. The molecular weight excluding hydrogens is 434 g/mol. The van der Waals surface area contributed by atoms with Gasteiger partial charge in [-0.15, -0.1) is 0 Å². The summed E-state index contributed by atoms with van der Waals surface area (Å²) in [5, 5.41) is 16.4. The number of amides is 1. The molecule has 2 aliphatic heterocycles. The Labute approximate surface area is 189 Å². The molecule has 0 atom stereocenters. The van der Waals surface area contributed by atoms with Crippen LogP contribution in [0.2, 0.25) is 5.02 Å². The normalized spacial score (nSPS) is 17.1. The standard InChI is InChI=1S/C22H22ClN5O2S/c1-3-4-5-8-19-26-28-20(24)16(21(29)25-22(28)31-19)12-14-7-6-11-27(14)15-9-10-18(30-2)17(23)13-15/h6-7,9-13,24H,3-5,8H2,1-2H3/b16-12+,24-20?. The van der Waals surface area contributed by atoms with Crippen LogP contribution in [0.4, 0.5) is 0 Å². The molecule has 0 bridgehead atoms. The molecule has 31 heavy (non-hydrogen) atoms. The number of hydrogen-bond acceptors (Lipinski definition) is 5. The highest BCUT2D eigenvalue weighted by Crippen LogP contribution is 2.31. The van der Waals surface area contributed by atoms with Crippen LogP contribution in [0.5, 0.6) is 5.75 Å². The third-order valence-electron chi connectivity index (χ3n) is 4.98. The van der Waals surface area contributed by atoms with Gasteiger partial charge in [-0.05, 0) is 61.0 Å². The van der Waals surface area contributed by atoms with E-state index in [4.69, 9.17) is 21.7 Å². The number of carbonyl (C=O) groups excluding carboxylic acids is 1. The van der Waals surface area contributed by atoms with Gasteiger partial charge in [-0.25, -0.2) is 0 Å².